The minimum absolute atomic E-state index is 1.08. The Morgan fingerprint density at radius 3 is 1.65 bits per heavy atom. The van der Waals surface area contributed by atoms with Gasteiger partial charge in [-0.05, 0) is 107 Å². The Morgan fingerprint density at radius 2 is 0.965 bits per heavy atom. The fourth-order valence-corrected chi connectivity index (χ4v) is 10.6. The van der Waals surface area contributed by atoms with E-state index >= 15 is 0 Å². The number of benzene rings is 8. The summed E-state index contributed by atoms with van der Waals surface area (Å²) < 4.78 is 7.52. The average molecular weight is 745 g/mol. The summed E-state index contributed by atoms with van der Waals surface area (Å²) in [6.07, 6.45) is 9.19. The normalized spacial score (nSPS) is 13.2. The molecule has 3 heteroatoms. The number of fused-ring (bicyclic) bond motifs is 9. The minimum Gasteiger partial charge on any atom is -0.309 e. The van der Waals surface area contributed by atoms with E-state index in [4.69, 9.17) is 0 Å². The van der Waals surface area contributed by atoms with Gasteiger partial charge in [-0.1, -0.05) is 127 Å². The van der Waals surface area contributed by atoms with E-state index in [-0.39, 0.29) is 0 Å². The molecule has 268 valence electrons. The van der Waals surface area contributed by atoms with Gasteiger partial charge in [0.2, 0.25) is 0 Å². The molecule has 0 amide bonds. The summed E-state index contributed by atoms with van der Waals surface area (Å²) in [4.78, 5) is 0. The SMILES string of the molecule is C1=CC(c2ccccc2-c2cc(-n3c4ccccc4c4cc(-c5ccc6c(c5)c5ccccc5n6-c5ccccc5)ccc43)cc3c2sc2ccccc23)=CCC1. The third-order valence-electron chi connectivity index (χ3n) is 11.9. The number of allylic oxidation sites excluding steroid dienone is 4. The fraction of sp³-hybridized carbons (Fsp3) is 0.0370. The van der Waals surface area contributed by atoms with Gasteiger partial charge in [0.15, 0.2) is 0 Å². The van der Waals surface area contributed by atoms with Crippen molar-refractivity contribution in [2.45, 2.75) is 12.8 Å². The summed E-state index contributed by atoms with van der Waals surface area (Å²) in [6, 6.07) is 65.1. The van der Waals surface area contributed by atoms with Crippen molar-refractivity contribution < 1.29 is 0 Å². The van der Waals surface area contributed by atoms with Crippen LogP contribution < -0.4 is 0 Å². The standard InChI is InChI=1S/C54H36N2S/c1-3-15-35(16-4-1)40-19-7-8-20-41(40)47-33-39(34-48-44-23-11-14-26-53(44)57-54(47)48)56-50-25-13-10-22-43(50)46-32-37(28-30-52(46)56)36-27-29-51-45(31-36)42-21-9-12-24-49(42)55(51)38-17-5-2-6-18-38/h2-3,5-34H,1,4H2. The van der Waals surface area contributed by atoms with Crippen molar-refractivity contribution in [1.82, 2.24) is 9.13 Å². The van der Waals surface area contributed by atoms with Crippen LogP contribution in [0, 0.1) is 0 Å². The van der Waals surface area contributed by atoms with E-state index in [0.29, 0.717) is 0 Å². The zero-order valence-electron chi connectivity index (χ0n) is 31.2. The lowest BCUT2D eigenvalue weighted by molar-refractivity contribution is 1.04. The monoisotopic (exact) mass is 744 g/mol. The quantitative estimate of drug-likeness (QED) is 0.166. The lowest BCUT2D eigenvalue weighted by Gasteiger charge is -2.16. The van der Waals surface area contributed by atoms with Crippen LogP contribution in [0.5, 0.6) is 0 Å². The van der Waals surface area contributed by atoms with Gasteiger partial charge in [0.25, 0.3) is 0 Å². The van der Waals surface area contributed by atoms with E-state index in [1.54, 1.807) is 0 Å². The van der Waals surface area contributed by atoms with Crippen LogP contribution in [0.4, 0.5) is 0 Å². The van der Waals surface area contributed by atoms with Crippen molar-refractivity contribution in [3.05, 3.63) is 200 Å². The Balaban J connectivity index is 1.08. The molecular formula is C54H36N2S. The Bertz CT molecular complexity index is 3460. The van der Waals surface area contributed by atoms with Crippen LogP contribution in [0.15, 0.2) is 194 Å². The maximum atomic E-state index is 2.49. The summed E-state index contributed by atoms with van der Waals surface area (Å²) >= 11 is 1.90. The van der Waals surface area contributed by atoms with E-state index in [0.717, 1.165) is 12.8 Å². The van der Waals surface area contributed by atoms with Crippen molar-refractivity contribution in [3.63, 3.8) is 0 Å². The third-order valence-corrected chi connectivity index (χ3v) is 13.2. The van der Waals surface area contributed by atoms with Gasteiger partial charge >= 0.3 is 0 Å². The van der Waals surface area contributed by atoms with E-state index < -0.39 is 0 Å². The highest BCUT2D eigenvalue weighted by atomic mass is 32.1. The van der Waals surface area contributed by atoms with Crippen LogP contribution >= 0.6 is 11.3 Å². The van der Waals surface area contributed by atoms with E-state index in [2.05, 4.69) is 203 Å². The maximum absolute atomic E-state index is 2.49. The summed E-state index contributed by atoms with van der Waals surface area (Å²) in [6.45, 7) is 0. The van der Waals surface area contributed by atoms with Gasteiger partial charge in [-0.25, -0.2) is 0 Å². The highest BCUT2D eigenvalue weighted by Gasteiger charge is 2.20. The zero-order chi connectivity index (χ0) is 37.5. The summed E-state index contributed by atoms with van der Waals surface area (Å²) in [7, 11) is 0. The highest BCUT2D eigenvalue weighted by molar-refractivity contribution is 7.26. The Hall–Kier alpha value is -6.94. The second-order valence-corrected chi connectivity index (χ2v) is 16.2. The first-order valence-electron chi connectivity index (χ1n) is 19.8. The molecule has 3 aromatic heterocycles. The molecular weight excluding hydrogens is 709 g/mol. The molecule has 0 bridgehead atoms. The molecule has 2 nitrogen and oxygen atoms in total. The van der Waals surface area contributed by atoms with Gasteiger partial charge in [0.05, 0.1) is 22.1 Å². The first kappa shape index (κ1) is 32.3. The molecule has 0 N–H and O–H groups in total. The summed E-state index contributed by atoms with van der Waals surface area (Å²) in [5.41, 5.74) is 14.8. The van der Waals surface area contributed by atoms with Crippen LogP contribution in [0.25, 0.3) is 103 Å². The van der Waals surface area contributed by atoms with Gasteiger partial charge in [-0.2, -0.15) is 0 Å². The molecule has 1 aliphatic carbocycles. The fourth-order valence-electron chi connectivity index (χ4n) is 9.36. The molecule has 0 saturated heterocycles. The van der Waals surface area contributed by atoms with Crippen LogP contribution in [0.3, 0.4) is 0 Å². The molecule has 0 spiro atoms. The first-order chi connectivity index (χ1) is 28.3. The first-order valence-corrected chi connectivity index (χ1v) is 20.6. The van der Waals surface area contributed by atoms with Crippen LogP contribution in [0.2, 0.25) is 0 Å². The number of para-hydroxylation sites is 3. The van der Waals surface area contributed by atoms with Crippen LogP contribution in [0.1, 0.15) is 18.4 Å². The summed E-state index contributed by atoms with van der Waals surface area (Å²) in [5.74, 6) is 0. The molecule has 57 heavy (non-hydrogen) atoms. The molecule has 0 atom stereocenters. The van der Waals surface area contributed by atoms with E-state index in [1.807, 2.05) is 11.3 Å². The number of nitrogens with zero attached hydrogens (tertiary/aromatic N) is 2. The van der Waals surface area contributed by atoms with Crippen molar-refractivity contribution in [1.29, 1.82) is 0 Å². The lowest BCUT2D eigenvalue weighted by atomic mass is 9.91. The third kappa shape index (κ3) is 5.02. The molecule has 1 aliphatic rings. The van der Waals surface area contributed by atoms with Gasteiger partial charge in [0.1, 0.15) is 0 Å². The Kier molecular flexibility index (Phi) is 7.26. The topological polar surface area (TPSA) is 9.86 Å². The number of hydrogen-bond donors (Lipinski definition) is 0. The average Bonchev–Trinajstić information content (AvgIpc) is 3.94. The maximum Gasteiger partial charge on any atom is 0.0541 e. The molecule has 8 aromatic carbocycles. The van der Waals surface area contributed by atoms with Gasteiger partial charge < -0.3 is 9.13 Å². The van der Waals surface area contributed by atoms with Gasteiger partial charge in [-0.15, -0.1) is 11.3 Å². The van der Waals surface area contributed by atoms with Crippen molar-refractivity contribution in [2.24, 2.45) is 0 Å². The molecule has 0 radical (unpaired) electrons. The molecule has 11 aromatic rings. The zero-order valence-corrected chi connectivity index (χ0v) is 32.0. The van der Waals surface area contributed by atoms with Gasteiger partial charge in [0, 0.05) is 58.7 Å². The molecule has 0 aliphatic heterocycles. The second-order valence-electron chi connectivity index (χ2n) is 15.2. The second kappa shape index (κ2) is 12.8. The number of thiophene rings is 1. The predicted molar refractivity (Wildman–Crippen MR) is 245 cm³/mol. The largest absolute Gasteiger partial charge is 0.309 e. The smallest absolute Gasteiger partial charge is 0.0541 e. The molecule has 0 fully saturated rings. The lowest BCUT2D eigenvalue weighted by Crippen LogP contribution is -1.96. The minimum atomic E-state index is 1.08. The highest BCUT2D eigenvalue weighted by Crippen LogP contribution is 2.45. The van der Waals surface area contributed by atoms with Crippen molar-refractivity contribution in [3.8, 4) is 33.6 Å². The van der Waals surface area contributed by atoms with E-state index in [1.165, 1.54) is 109 Å². The van der Waals surface area contributed by atoms with Gasteiger partial charge in [-0.3, -0.25) is 0 Å². The number of hydrogen-bond acceptors (Lipinski definition) is 1. The van der Waals surface area contributed by atoms with Crippen molar-refractivity contribution in [2.75, 3.05) is 0 Å². The summed E-state index contributed by atoms with van der Waals surface area (Å²) in [5, 5.41) is 7.65. The van der Waals surface area contributed by atoms with Crippen molar-refractivity contribution >= 4 is 80.7 Å². The van der Waals surface area contributed by atoms with Crippen LogP contribution in [-0.2, 0) is 0 Å². The predicted octanol–water partition coefficient (Wildman–Crippen LogP) is 15.3. The Morgan fingerprint density at radius 1 is 0.386 bits per heavy atom. The van der Waals surface area contributed by atoms with Crippen LogP contribution in [-0.4, -0.2) is 9.13 Å². The molecule has 0 saturated carbocycles. The molecule has 0 unspecified atom stereocenters. The Labute approximate surface area is 334 Å². The number of rotatable bonds is 5. The van der Waals surface area contributed by atoms with E-state index in [9.17, 15) is 0 Å². The number of aromatic nitrogens is 2. The molecule has 12 rings (SSSR count). The molecule has 3 heterocycles.